The summed E-state index contributed by atoms with van der Waals surface area (Å²) in [7, 11) is 0. The van der Waals surface area contributed by atoms with E-state index in [0.29, 0.717) is 12.6 Å². The number of halogens is 2. The topological polar surface area (TPSA) is 24.5 Å². The largest absolute Gasteiger partial charge is 0.490 e. The molecule has 0 saturated heterocycles. The molecule has 120 valence electrons. The molecule has 1 aromatic rings. The van der Waals surface area contributed by atoms with E-state index in [0.717, 1.165) is 40.9 Å². The molecule has 21 heavy (non-hydrogen) atoms. The molecule has 0 amide bonds. The molecule has 1 N–H and O–H groups in total. The van der Waals surface area contributed by atoms with Crippen LogP contribution < -0.4 is 10.1 Å². The molecule has 1 aromatic carbocycles. The van der Waals surface area contributed by atoms with Gasteiger partial charge in [-0.05, 0) is 62.6 Å². The predicted molar refractivity (Wildman–Crippen MR) is 97.1 cm³/mol. The molecule has 1 rings (SSSR count). The van der Waals surface area contributed by atoms with Gasteiger partial charge in [-0.15, -0.1) is 0 Å². The lowest BCUT2D eigenvalue weighted by molar-refractivity contribution is 0.221. The quantitative estimate of drug-likeness (QED) is 0.638. The fraction of sp³-hybridized carbons (Fsp3) is 0.625. The van der Waals surface area contributed by atoms with Gasteiger partial charge in [0.15, 0.2) is 0 Å². The molecular weight excluding hydrogens is 396 g/mol. The fourth-order valence-corrected chi connectivity index (χ4v) is 3.50. The first kappa shape index (κ1) is 18.9. The number of nitrogens with one attached hydrogen (secondary N) is 1. The zero-order valence-electron chi connectivity index (χ0n) is 13.4. The first-order valence-corrected chi connectivity index (χ1v) is 9.12. The summed E-state index contributed by atoms with van der Waals surface area (Å²) in [6.45, 7) is 13.3. The highest BCUT2D eigenvalue weighted by atomic mass is 79.9. The number of likely N-dealkylation sites (N-methyl/N-ethyl adjacent to an activating group) is 1. The zero-order valence-corrected chi connectivity index (χ0v) is 16.6. The van der Waals surface area contributed by atoms with Crippen molar-refractivity contribution < 1.29 is 4.74 Å². The first-order chi connectivity index (χ1) is 9.97. The summed E-state index contributed by atoms with van der Waals surface area (Å²) in [5.41, 5.74) is 1.23. The van der Waals surface area contributed by atoms with Gasteiger partial charge in [-0.1, -0.05) is 27.7 Å². The van der Waals surface area contributed by atoms with Crippen molar-refractivity contribution >= 4 is 31.9 Å². The van der Waals surface area contributed by atoms with Crippen molar-refractivity contribution in [3.05, 3.63) is 26.6 Å². The Balaban J connectivity index is 2.63. The Kier molecular flexibility index (Phi) is 8.86. The molecule has 0 fully saturated rings. The minimum absolute atomic E-state index is 0.479. The molecule has 0 aromatic heterocycles. The summed E-state index contributed by atoms with van der Waals surface area (Å²) in [6, 6.07) is 4.72. The lowest BCUT2D eigenvalue weighted by Gasteiger charge is -2.19. The number of hydrogen-bond donors (Lipinski definition) is 1. The lowest BCUT2D eigenvalue weighted by atomic mass is 10.2. The summed E-state index contributed by atoms with van der Waals surface area (Å²) >= 11 is 7.22. The maximum absolute atomic E-state index is 5.93. The van der Waals surface area contributed by atoms with Crippen LogP contribution in [0, 0.1) is 0 Å². The fourth-order valence-electron chi connectivity index (χ4n) is 1.99. The zero-order chi connectivity index (χ0) is 15.8. The Hall–Kier alpha value is -0.100. The van der Waals surface area contributed by atoms with Crippen LogP contribution in [0.1, 0.15) is 33.3 Å². The van der Waals surface area contributed by atoms with Gasteiger partial charge in [0.1, 0.15) is 12.4 Å². The highest BCUT2D eigenvalue weighted by Gasteiger charge is 2.10. The third kappa shape index (κ3) is 6.68. The molecule has 0 aliphatic heterocycles. The summed E-state index contributed by atoms with van der Waals surface area (Å²) in [5.74, 6) is 0.885. The van der Waals surface area contributed by atoms with Gasteiger partial charge < -0.3 is 15.0 Å². The number of ether oxygens (including phenoxy) is 1. The predicted octanol–water partition coefficient (Wildman–Crippen LogP) is 4.43. The van der Waals surface area contributed by atoms with Crippen molar-refractivity contribution in [3.8, 4) is 5.75 Å². The highest BCUT2D eigenvalue weighted by Crippen LogP contribution is 2.34. The first-order valence-electron chi connectivity index (χ1n) is 7.54. The highest BCUT2D eigenvalue weighted by molar-refractivity contribution is 9.11. The second-order valence-electron chi connectivity index (χ2n) is 5.30. The SMILES string of the molecule is CCN(CC)CCOc1c(Br)cc(CNC(C)C)cc1Br. The van der Waals surface area contributed by atoms with Crippen LogP contribution >= 0.6 is 31.9 Å². The Morgan fingerprint density at radius 3 is 2.19 bits per heavy atom. The number of rotatable bonds is 9. The Labute approximate surface area is 145 Å². The third-order valence-corrected chi connectivity index (χ3v) is 4.50. The molecule has 5 heteroatoms. The number of nitrogens with zero attached hydrogens (tertiary/aromatic N) is 1. The van der Waals surface area contributed by atoms with Crippen LogP contribution in [0.5, 0.6) is 5.75 Å². The van der Waals surface area contributed by atoms with Gasteiger partial charge in [0.2, 0.25) is 0 Å². The maximum Gasteiger partial charge on any atom is 0.147 e. The summed E-state index contributed by atoms with van der Waals surface area (Å²) in [5, 5.41) is 3.42. The second kappa shape index (κ2) is 9.82. The number of hydrogen-bond acceptors (Lipinski definition) is 3. The van der Waals surface area contributed by atoms with Gasteiger partial charge >= 0.3 is 0 Å². The molecule has 3 nitrogen and oxygen atoms in total. The van der Waals surface area contributed by atoms with Gasteiger partial charge in [-0.2, -0.15) is 0 Å². The minimum atomic E-state index is 0.479. The minimum Gasteiger partial charge on any atom is -0.490 e. The third-order valence-electron chi connectivity index (χ3n) is 3.32. The molecular formula is C16H26Br2N2O. The van der Waals surface area contributed by atoms with E-state index in [4.69, 9.17) is 4.74 Å². The molecule has 0 spiro atoms. The van der Waals surface area contributed by atoms with Gasteiger partial charge in [0.25, 0.3) is 0 Å². The molecule has 0 heterocycles. The monoisotopic (exact) mass is 420 g/mol. The normalized spacial score (nSPS) is 11.4. The van der Waals surface area contributed by atoms with Gasteiger partial charge in [-0.3, -0.25) is 0 Å². The average Bonchev–Trinajstić information content (AvgIpc) is 2.43. The Bertz CT molecular complexity index is 411. The molecule has 0 atom stereocenters. The molecule has 0 aliphatic rings. The van der Waals surface area contributed by atoms with Gasteiger partial charge in [0, 0.05) is 19.1 Å². The van der Waals surface area contributed by atoms with Crippen LogP contribution in [-0.2, 0) is 6.54 Å². The van der Waals surface area contributed by atoms with E-state index in [1.54, 1.807) is 0 Å². The molecule has 0 aliphatic carbocycles. The van der Waals surface area contributed by atoms with E-state index < -0.39 is 0 Å². The Morgan fingerprint density at radius 1 is 1.14 bits per heavy atom. The van der Waals surface area contributed by atoms with Crippen molar-refractivity contribution in [1.29, 1.82) is 0 Å². The van der Waals surface area contributed by atoms with Crippen LogP contribution in [0.2, 0.25) is 0 Å². The van der Waals surface area contributed by atoms with Crippen molar-refractivity contribution in [2.75, 3.05) is 26.2 Å². The average molecular weight is 422 g/mol. The second-order valence-corrected chi connectivity index (χ2v) is 7.01. The maximum atomic E-state index is 5.93. The lowest BCUT2D eigenvalue weighted by Crippen LogP contribution is -2.28. The van der Waals surface area contributed by atoms with Crippen molar-refractivity contribution in [3.63, 3.8) is 0 Å². The Morgan fingerprint density at radius 2 is 1.71 bits per heavy atom. The molecule has 0 bridgehead atoms. The summed E-state index contributed by atoms with van der Waals surface area (Å²) in [6.07, 6.45) is 0. The van der Waals surface area contributed by atoms with E-state index in [1.807, 2.05) is 0 Å². The molecule has 0 radical (unpaired) electrons. The summed E-state index contributed by atoms with van der Waals surface area (Å²) < 4.78 is 7.92. The van der Waals surface area contributed by atoms with Crippen LogP contribution in [-0.4, -0.2) is 37.2 Å². The van der Waals surface area contributed by atoms with Crippen LogP contribution in [0.25, 0.3) is 0 Å². The van der Waals surface area contributed by atoms with Gasteiger partial charge in [0.05, 0.1) is 8.95 Å². The molecule has 0 saturated carbocycles. The number of benzene rings is 1. The van der Waals surface area contributed by atoms with E-state index in [-0.39, 0.29) is 0 Å². The van der Waals surface area contributed by atoms with Crippen LogP contribution in [0.4, 0.5) is 0 Å². The smallest absolute Gasteiger partial charge is 0.147 e. The van der Waals surface area contributed by atoms with Crippen LogP contribution in [0.3, 0.4) is 0 Å². The standard InChI is InChI=1S/C16H26Br2N2O/c1-5-20(6-2)7-8-21-16-14(17)9-13(10-15(16)18)11-19-12(3)4/h9-10,12,19H,5-8,11H2,1-4H3. The molecule has 0 unspecified atom stereocenters. The summed E-state index contributed by atoms with van der Waals surface area (Å²) in [4.78, 5) is 2.35. The van der Waals surface area contributed by atoms with Crippen molar-refractivity contribution in [2.24, 2.45) is 0 Å². The van der Waals surface area contributed by atoms with Crippen molar-refractivity contribution in [1.82, 2.24) is 10.2 Å². The van der Waals surface area contributed by atoms with E-state index in [2.05, 4.69) is 81.9 Å². The van der Waals surface area contributed by atoms with E-state index in [1.165, 1.54) is 5.56 Å². The van der Waals surface area contributed by atoms with Crippen LogP contribution in [0.15, 0.2) is 21.1 Å². The van der Waals surface area contributed by atoms with E-state index >= 15 is 0 Å². The van der Waals surface area contributed by atoms with Gasteiger partial charge in [-0.25, -0.2) is 0 Å². The van der Waals surface area contributed by atoms with Crippen molar-refractivity contribution in [2.45, 2.75) is 40.3 Å². The van der Waals surface area contributed by atoms with E-state index in [9.17, 15) is 0 Å².